The van der Waals surface area contributed by atoms with Crippen LogP contribution in [0.15, 0.2) is 29.4 Å². The molecule has 3 rings (SSSR count). The molecule has 2 heterocycles. The van der Waals surface area contributed by atoms with Gasteiger partial charge in [-0.2, -0.15) is 0 Å². The fraction of sp³-hybridized carbons (Fsp3) is 0.500. The smallest absolute Gasteiger partial charge is 0.191 e. The number of hydrogen-bond donors (Lipinski definition) is 3. The molecule has 0 amide bonds. The average Bonchev–Trinajstić information content (AvgIpc) is 3.16. The van der Waals surface area contributed by atoms with E-state index in [1.807, 2.05) is 0 Å². The van der Waals surface area contributed by atoms with Crippen molar-refractivity contribution in [2.24, 2.45) is 4.99 Å². The van der Waals surface area contributed by atoms with Gasteiger partial charge in [0.2, 0.25) is 0 Å². The van der Waals surface area contributed by atoms with Crippen molar-refractivity contribution >= 4 is 50.7 Å². The number of aryl methyl sites for hydroxylation is 1. The summed E-state index contributed by atoms with van der Waals surface area (Å²) >= 11 is 0. The van der Waals surface area contributed by atoms with Gasteiger partial charge in [0.1, 0.15) is 0 Å². The number of aromatic nitrogens is 1. The second-order valence-corrected chi connectivity index (χ2v) is 8.73. The third-order valence-corrected chi connectivity index (χ3v) is 6.52. The van der Waals surface area contributed by atoms with Crippen molar-refractivity contribution in [2.45, 2.75) is 32.2 Å². The SMILES string of the molecule is CCc1cccc2c(CCNC(=NC)NC3CCS(=O)(=O)C3)c[nH]c12.I. The van der Waals surface area contributed by atoms with Crippen LogP contribution in [0.2, 0.25) is 0 Å². The minimum absolute atomic E-state index is 0. The summed E-state index contributed by atoms with van der Waals surface area (Å²) in [5.74, 6) is 1.11. The van der Waals surface area contributed by atoms with Crippen molar-refractivity contribution in [3.63, 3.8) is 0 Å². The van der Waals surface area contributed by atoms with Crippen LogP contribution in [0.25, 0.3) is 10.9 Å². The Bertz CT molecular complexity index is 876. The predicted octanol–water partition coefficient (Wildman–Crippen LogP) is 2.24. The molecule has 0 bridgehead atoms. The Morgan fingerprint density at radius 3 is 2.81 bits per heavy atom. The Hall–Kier alpha value is -1.29. The zero-order valence-corrected chi connectivity index (χ0v) is 18.4. The maximum atomic E-state index is 11.6. The van der Waals surface area contributed by atoms with Gasteiger partial charge in [-0.25, -0.2) is 8.42 Å². The zero-order chi connectivity index (χ0) is 17.9. The van der Waals surface area contributed by atoms with Gasteiger partial charge in [-0.1, -0.05) is 25.1 Å². The van der Waals surface area contributed by atoms with Crippen molar-refractivity contribution in [1.82, 2.24) is 15.6 Å². The maximum absolute atomic E-state index is 11.6. The average molecular weight is 490 g/mol. The third-order valence-electron chi connectivity index (χ3n) is 4.75. The third kappa shape index (κ3) is 4.91. The minimum Gasteiger partial charge on any atom is -0.361 e. The minimum atomic E-state index is -2.89. The molecule has 8 heteroatoms. The first kappa shape index (κ1) is 21.0. The molecule has 0 spiro atoms. The molecular weight excluding hydrogens is 463 g/mol. The molecule has 3 N–H and O–H groups in total. The number of H-pyrrole nitrogens is 1. The van der Waals surface area contributed by atoms with E-state index in [0.29, 0.717) is 12.4 Å². The van der Waals surface area contributed by atoms with Gasteiger partial charge in [0.25, 0.3) is 0 Å². The van der Waals surface area contributed by atoms with E-state index in [4.69, 9.17) is 0 Å². The number of sulfone groups is 1. The van der Waals surface area contributed by atoms with Crippen LogP contribution in [0.4, 0.5) is 0 Å². The van der Waals surface area contributed by atoms with E-state index in [9.17, 15) is 8.42 Å². The van der Waals surface area contributed by atoms with Gasteiger partial charge in [0.05, 0.1) is 11.5 Å². The number of halogens is 1. The lowest BCUT2D eigenvalue weighted by Crippen LogP contribution is -2.44. The van der Waals surface area contributed by atoms with Gasteiger partial charge in [0, 0.05) is 36.7 Å². The van der Waals surface area contributed by atoms with Crippen LogP contribution in [0.1, 0.15) is 24.5 Å². The Kier molecular flexibility index (Phi) is 7.33. The van der Waals surface area contributed by atoms with Gasteiger partial charge in [-0.05, 0) is 30.4 Å². The summed E-state index contributed by atoms with van der Waals surface area (Å²) in [6.45, 7) is 2.90. The second-order valence-electron chi connectivity index (χ2n) is 6.50. The standard InChI is InChI=1S/C18H26N4O2S.HI/c1-3-13-5-4-6-16-14(11-21-17(13)16)7-9-20-18(19-2)22-15-8-10-25(23,24)12-15;/h4-6,11,15,21H,3,7-10,12H2,1-2H3,(H2,19,20,22);1H. The number of aromatic amines is 1. The van der Waals surface area contributed by atoms with Crippen LogP contribution in [0, 0.1) is 0 Å². The lowest BCUT2D eigenvalue weighted by molar-refractivity contribution is 0.599. The molecule has 144 valence electrons. The first-order chi connectivity index (χ1) is 12.0. The Morgan fingerprint density at radius 1 is 1.35 bits per heavy atom. The number of fused-ring (bicyclic) bond motifs is 1. The van der Waals surface area contributed by atoms with E-state index in [-0.39, 0.29) is 41.5 Å². The van der Waals surface area contributed by atoms with Crippen LogP contribution in [0.5, 0.6) is 0 Å². The molecule has 26 heavy (non-hydrogen) atoms. The van der Waals surface area contributed by atoms with E-state index in [0.717, 1.165) is 19.4 Å². The number of benzene rings is 1. The normalized spacial score (nSPS) is 19.3. The van der Waals surface area contributed by atoms with E-state index in [1.165, 1.54) is 22.0 Å². The number of para-hydroxylation sites is 1. The summed E-state index contributed by atoms with van der Waals surface area (Å²) in [4.78, 5) is 7.59. The van der Waals surface area contributed by atoms with Crippen molar-refractivity contribution in [2.75, 3.05) is 25.1 Å². The van der Waals surface area contributed by atoms with E-state index < -0.39 is 9.84 Å². The van der Waals surface area contributed by atoms with Crippen LogP contribution in [0.3, 0.4) is 0 Å². The number of nitrogens with one attached hydrogen (secondary N) is 3. The molecule has 0 aliphatic carbocycles. The van der Waals surface area contributed by atoms with Gasteiger partial charge >= 0.3 is 0 Å². The highest BCUT2D eigenvalue weighted by molar-refractivity contribution is 14.0. The summed E-state index contributed by atoms with van der Waals surface area (Å²) < 4.78 is 23.1. The first-order valence-electron chi connectivity index (χ1n) is 8.78. The van der Waals surface area contributed by atoms with Gasteiger partial charge in [-0.15, -0.1) is 24.0 Å². The largest absolute Gasteiger partial charge is 0.361 e. The van der Waals surface area contributed by atoms with Gasteiger partial charge < -0.3 is 15.6 Å². The van der Waals surface area contributed by atoms with Gasteiger partial charge in [0.15, 0.2) is 15.8 Å². The highest BCUT2D eigenvalue weighted by Gasteiger charge is 2.28. The fourth-order valence-corrected chi connectivity index (χ4v) is 5.06. The molecule has 1 aromatic carbocycles. The van der Waals surface area contributed by atoms with Crippen LogP contribution < -0.4 is 10.6 Å². The predicted molar refractivity (Wildman–Crippen MR) is 118 cm³/mol. The molecule has 0 radical (unpaired) electrons. The number of guanidine groups is 1. The molecule has 1 unspecified atom stereocenters. The number of nitrogens with zero attached hydrogens (tertiary/aromatic N) is 1. The molecule has 1 atom stereocenters. The summed E-state index contributed by atoms with van der Waals surface area (Å²) in [5, 5.41) is 7.76. The number of rotatable bonds is 5. The van der Waals surface area contributed by atoms with Crippen LogP contribution in [-0.4, -0.2) is 50.5 Å². The van der Waals surface area contributed by atoms with Crippen molar-refractivity contribution in [3.8, 4) is 0 Å². The summed E-state index contributed by atoms with van der Waals surface area (Å²) in [6.07, 6.45) is 4.60. The molecule has 0 saturated carbocycles. The highest BCUT2D eigenvalue weighted by atomic mass is 127. The lowest BCUT2D eigenvalue weighted by Gasteiger charge is -2.15. The molecule has 2 aromatic rings. The quantitative estimate of drug-likeness (QED) is 0.341. The molecule has 1 aliphatic rings. The van der Waals surface area contributed by atoms with E-state index in [1.54, 1.807) is 7.05 Å². The van der Waals surface area contributed by atoms with Crippen molar-refractivity contribution in [3.05, 3.63) is 35.5 Å². The molecule has 1 saturated heterocycles. The molecule has 1 aliphatic heterocycles. The molecule has 1 aromatic heterocycles. The Balaban J connectivity index is 0.00000243. The molecular formula is C18H27IN4O2S. The maximum Gasteiger partial charge on any atom is 0.191 e. The first-order valence-corrected chi connectivity index (χ1v) is 10.6. The lowest BCUT2D eigenvalue weighted by atomic mass is 10.1. The van der Waals surface area contributed by atoms with Gasteiger partial charge in [-0.3, -0.25) is 4.99 Å². The molecule has 6 nitrogen and oxygen atoms in total. The monoisotopic (exact) mass is 490 g/mol. The van der Waals surface area contributed by atoms with Crippen LogP contribution in [-0.2, 0) is 22.7 Å². The number of aliphatic imine (C=N–C) groups is 1. The Labute approximate surface area is 172 Å². The van der Waals surface area contributed by atoms with Crippen molar-refractivity contribution < 1.29 is 8.42 Å². The molecule has 1 fully saturated rings. The highest BCUT2D eigenvalue weighted by Crippen LogP contribution is 2.22. The summed E-state index contributed by atoms with van der Waals surface area (Å²) in [5.41, 5.74) is 3.83. The summed E-state index contributed by atoms with van der Waals surface area (Å²) in [7, 11) is -1.18. The van der Waals surface area contributed by atoms with E-state index in [2.05, 4.69) is 51.9 Å². The summed E-state index contributed by atoms with van der Waals surface area (Å²) in [6, 6.07) is 6.36. The van der Waals surface area contributed by atoms with E-state index >= 15 is 0 Å². The number of hydrogen-bond acceptors (Lipinski definition) is 3. The van der Waals surface area contributed by atoms with Crippen LogP contribution >= 0.6 is 24.0 Å². The van der Waals surface area contributed by atoms with Crippen molar-refractivity contribution in [1.29, 1.82) is 0 Å². The Morgan fingerprint density at radius 2 is 2.15 bits per heavy atom. The topological polar surface area (TPSA) is 86.3 Å². The fourth-order valence-electron chi connectivity index (χ4n) is 3.39. The second kappa shape index (κ2) is 9.07. The zero-order valence-electron chi connectivity index (χ0n) is 15.2.